The molecule has 2 aromatic carbocycles. The lowest BCUT2D eigenvalue weighted by molar-refractivity contribution is -0.950. The zero-order chi connectivity index (χ0) is 27.0. The highest BCUT2D eigenvalue weighted by Crippen LogP contribution is 2.61. The van der Waals surface area contributed by atoms with E-state index < -0.39 is 11.0 Å². The third-order valence-electron chi connectivity index (χ3n) is 10.5. The van der Waals surface area contributed by atoms with Crippen molar-refractivity contribution in [2.75, 3.05) is 26.7 Å². The fourth-order valence-electron chi connectivity index (χ4n) is 8.30. The number of phenolic OH excluding ortho intramolecular Hbond substituents is 1. The van der Waals surface area contributed by atoms with Crippen molar-refractivity contribution in [2.24, 2.45) is 5.92 Å². The number of amides is 1. The molecule has 204 valence electrons. The van der Waals surface area contributed by atoms with Gasteiger partial charge in [-0.2, -0.15) is 0 Å². The van der Waals surface area contributed by atoms with Crippen LogP contribution in [0.3, 0.4) is 0 Å². The van der Waals surface area contributed by atoms with Crippen molar-refractivity contribution in [1.82, 2.24) is 5.32 Å². The maximum Gasteiger partial charge on any atom is 0.255 e. The van der Waals surface area contributed by atoms with Crippen LogP contribution < -0.4 is 5.32 Å². The average Bonchev–Trinajstić information content (AvgIpc) is 3.59. The fourth-order valence-corrected chi connectivity index (χ4v) is 8.30. The molecule has 39 heavy (non-hydrogen) atoms. The molecule has 1 aromatic heterocycles. The molecule has 3 aliphatic carbocycles. The van der Waals surface area contributed by atoms with E-state index in [4.69, 9.17) is 4.42 Å². The molecule has 7 heteroatoms. The van der Waals surface area contributed by atoms with E-state index in [-0.39, 0.29) is 35.5 Å². The Morgan fingerprint density at radius 1 is 1.18 bits per heavy atom. The predicted molar refractivity (Wildman–Crippen MR) is 147 cm³/mol. The van der Waals surface area contributed by atoms with E-state index >= 15 is 0 Å². The molecule has 4 atom stereocenters. The maximum absolute atomic E-state index is 13.3. The van der Waals surface area contributed by atoms with Crippen molar-refractivity contribution in [2.45, 2.75) is 68.4 Å². The Hall–Kier alpha value is -3.16. The maximum atomic E-state index is 13.3. The molecule has 3 aromatic rings. The van der Waals surface area contributed by atoms with E-state index in [0.29, 0.717) is 44.2 Å². The van der Waals surface area contributed by atoms with Crippen molar-refractivity contribution < 1.29 is 28.7 Å². The first-order chi connectivity index (χ1) is 18.7. The summed E-state index contributed by atoms with van der Waals surface area (Å²) in [5, 5.41) is 28.1. The number of likely N-dealkylation sites (N-methyl/N-ethyl adjacent to an activating group) is 1. The molecule has 0 radical (unpaired) electrons. The minimum atomic E-state index is -1.08. The smallest absolute Gasteiger partial charge is 0.255 e. The lowest BCUT2D eigenvalue weighted by Crippen LogP contribution is -2.78. The van der Waals surface area contributed by atoms with Gasteiger partial charge >= 0.3 is 0 Å². The number of Topliss-reactive ketones (excluding diaryl/α,β-unsaturated/α-hetero) is 1. The number of benzene rings is 2. The lowest BCUT2D eigenvalue weighted by atomic mass is 9.48. The molecule has 3 fully saturated rings. The Labute approximate surface area is 228 Å². The van der Waals surface area contributed by atoms with E-state index in [1.807, 2.05) is 24.3 Å². The molecule has 1 saturated heterocycles. The van der Waals surface area contributed by atoms with Gasteiger partial charge in [0.1, 0.15) is 28.8 Å². The number of rotatable bonds is 6. The average molecular weight is 530 g/mol. The van der Waals surface area contributed by atoms with Crippen LogP contribution in [-0.4, -0.2) is 64.7 Å². The number of ketones is 1. The standard InChI is InChI=1S/C32H36N2O5/c1-34(19-21-2-3-21)14-12-31-18-24(35)8-11-32(31,38)27(34)17-23-5-6-25(29(36)28(23)31)30(37)33-13-9-20-4-7-26-22(16-20)10-15-39-26/h4-7,10,15-16,21,27,38H,2-3,8-9,11-14,17-19H2,1H3,(H-,33,36,37)/p+1/t27-,31-,32-,34?/m1/s1. The summed E-state index contributed by atoms with van der Waals surface area (Å²) in [7, 11) is 2.28. The van der Waals surface area contributed by atoms with Crippen LogP contribution in [0.1, 0.15) is 65.6 Å². The summed E-state index contributed by atoms with van der Waals surface area (Å²) in [6, 6.07) is 11.5. The fraction of sp³-hybridized carbons (Fsp3) is 0.500. The second-order valence-electron chi connectivity index (χ2n) is 12.8. The topological polar surface area (TPSA) is 99.8 Å². The second-order valence-corrected chi connectivity index (χ2v) is 12.8. The first-order valence-corrected chi connectivity index (χ1v) is 14.4. The number of hydrogen-bond donors (Lipinski definition) is 3. The van der Waals surface area contributed by atoms with Gasteiger partial charge in [0.25, 0.3) is 5.91 Å². The molecule has 2 heterocycles. The van der Waals surface area contributed by atoms with Gasteiger partial charge in [0, 0.05) is 54.5 Å². The Morgan fingerprint density at radius 2 is 2.03 bits per heavy atom. The molecule has 1 amide bonds. The van der Waals surface area contributed by atoms with Crippen LogP contribution in [0.4, 0.5) is 0 Å². The van der Waals surface area contributed by atoms with Gasteiger partial charge < -0.3 is 24.4 Å². The van der Waals surface area contributed by atoms with E-state index in [2.05, 4.69) is 18.4 Å². The highest BCUT2D eigenvalue weighted by molar-refractivity contribution is 5.98. The van der Waals surface area contributed by atoms with E-state index in [0.717, 1.165) is 45.6 Å². The van der Waals surface area contributed by atoms with Crippen LogP contribution in [-0.2, 0) is 23.1 Å². The summed E-state index contributed by atoms with van der Waals surface area (Å²) in [6.45, 7) is 2.35. The summed E-state index contributed by atoms with van der Waals surface area (Å²) >= 11 is 0. The highest BCUT2D eigenvalue weighted by atomic mass is 16.3. The number of phenols is 1. The Morgan fingerprint density at radius 3 is 2.85 bits per heavy atom. The molecule has 7 rings (SSSR count). The van der Waals surface area contributed by atoms with Crippen molar-refractivity contribution in [1.29, 1.82) is 0 Å². The lowest BCUT2D eigenvalue weighted by Gasteiger charge is -2.65. The van der Waals surface area contributed by atoms with Crippen LogP contribution >= 0.6 is 0 Å². The molecule has 3 N–H and O–H groups in total. The van der Waals surface area contributed by atoms with Crippen LogP contribution in [0.5, 0.6) is 5.75 Å². The summed E-state index contributed by atoms with van der Waals surface area (Å²) in [6.07, 6.45) is 7.14. The largest absolute Gasteiger partial charge is 0.507 e. The number of carbonyl (C=O) groups excluding carboxylic acids is 2. The number of nitrogens with zero attached hydrogens (tertiary/aromatic N) is 1. The normalized spacial score (nSPS) is 31.5. The number of furan rings is 1. The number of piperidine rings is 1. The Balaban J connectivity index is 1.19. The van der Waals surface area contributed by atoms with E-state index in [1.165, 1.54) is 12.8 Å². The number of aliphatic hydroxyl groups is 1. The number of quaternary nitrogens is 1. The van der Waals surface area contributed by atoms with Crippen molar-refractivity contribution in [3.8, 4) is 5.75 Å². The molecule has 0 spiro atoms. The van der Waals surface area contributed by atoms with Gasteiger partial charge in [0.2, 0.25) is 0 Å². The molecule has 1 unspecified atom stereocenters. The minimum absolute atomic E-state index is 0.0147. The third-order valence-corrected chi connectivity index (χ3v) is 10.5. The van der Waals surface area contributed by atoms with Gasteiger partial charge in [0.15, 0.2) is 0 Å². The highest BCUT2D eigenvalue weighted by Gasteiger charge is 2.70. The van der Waals surface area contributed by atoms with Gasteiger partial charge in [-0.05, 0) is 61.1 Å². The molecular weight excluding hydrogens is 492 g/mol. The zero-order valence-corrected chi connectivity index (χ0v) is 22.5. The molecule has 7 nitrogen and oxygen atoms in total. The zero-order valence-electron chi connectivity index (χ0n) is 22.5. The quantitative estimate of drug-likeness (QED) is 0.419. The monoisotopic (exact) mass is 529 g/mol. The second kappa shape index (κ2) is 8.67. The first kappa shape index (κ1) is 24.9. The molecule has 1 aliphatic heterocycles. The van der Waals surface area contributed by atoms with Crippen LogP contribution in [0.2, 0.25) is 0 Å². The number of likely N-dealkylation sites (tertiary alicyclic amines) is 1. The summed E-state index contributed by atoms with van der Waals surface area (Å²) in [4.78, 5) is 26.2. The third kappa shape index (κ3) is 3.77. The Bertz CT molecular complexity index is 1490. The molecular formula is C32H37N2O5+. The number of fused-ring (bicyclic) bond motifs is 2. The summed E-state index contributed by atoms with van der Waals surface area (Å²) < 4.78 is 6.23. The van der Waals surface area contributed by atoms with E-state index in [9.17, 15) is 19.8 Å². The number of nitrogens with one attached hydrogen (secondary N) is 1. The van der Waals surface area contributed by atoms with E-state index in [1.54, 1.807) is 12.3 Å². The minimum Gasteiger partial charge on any atom is -0.507 e. The number of hydrogen-bond acceptors (Lipinski definition) is 5. The predicted octanol–water partition coefficient (Wildman–Crippen LogP) is 4.02. The molecule has 4 aliphatic rings. The van der Waals surface area contributed by atoms with Crippen LogP contribution in [0.15, 0.2) is 47.1 Å². The van der Waals surface area contributed by atoms with Gasteiger partial charge in [-0.1, -0.05) is 12.1 Å². The van der Waals surface area contributed by atoms with Gasteiger partial charge in [-0.3, -0.25) is 9.59 Å². The van der Waals surface area contributed by atoms with Crippen LogP contribution in [0, 0.1) is 5.92 Å². The van der Waals surface area contributed by atoms with Crippen molar-refractivity contribution >= 4 is 22.7 Å². The molecule has 2 saturated carbocycles. The van der Waals surface area contributed by atoms with Gasteiger partial charge in [0.05, 0.1) is 32.0 Å². The Kier molecular flexibility index (Phi) is 5.52. The first-order valence-electron chi connectivity index (χ1n) is 14.4. The van der Waals surface area contributed by atoms with Gasteiger partial charge in [-0.25, -0.2) is 0 Å². The number of carbonyl (C=O) groups is 2. The SMILES string of the molecule is C[N+]1(CC2CC2)CC[C@]23CC(=O)CC[C@@]2(O)[C@H]1Cc1ccc(C(=O)NCCc2ccc4occc4c2)c(O)c13. The molecule has 2 bridgehead atoms. The van der Waals surface area contributed by atoms with Crippen molar-refractivity contribution in [3.63, 3.8) is 0 Å². The summed E-state index contributed by atoms with van der Waals surface area (Å²) in [5.41, 5.74) is 1.83. The summed E-state index contributed by atoms with van der Waals surface area (Å²) in [5.74, 6) is 0.455. The van der Waals surface area contributed by atoms with Gasteiger partial charge in [-0.15, -0.1) is 0 Å². The van der Waals surface area contributed by atoms with Crippen LogP contribution in [0.25, 0.3) is 11.0 Å². The van der Waals surface area contributed by atoms with Crippen molar-refractivity contribution in [3.05, 3.63) is 64.9 Å². The number of aromatic hydroxyl groups is 1.